The van der Waals surface area contributed by atoms with Gasteiger partial charge in [0.1, 0.15) is 11.9 Å². The van der Waals surface area contributed by atoms with Gasteiger partial charge < -0.3 is 10.2 Å². The van der Waals surface area contributed by atoms with Crippen molar-refractivity contribution in [1.82, 2.24) is 10.2 Å². The van der Waals surface area contributed by atoms with Gasteiger partial charge in [-0.2, -0.15) is 0 Å². The van der Waals surface area contributed by atoms with Crippen LogP contribution >= 0.6 is 0 Å². The molecule has 0 aliphatic heterocycles. The van der Waals surface area contributed by atoms with Crippen LogP contribution in [-0.2, 0) is 16.1 Å². The van der Waals surface area contributed by atoms with E-state index in [-0.39, 0.29) is 36.5 Å². The number of carbonyl (C=O) groups is 2. The minimum atomic E-state index is -0.613. The van der Waals surface area contributed by atoms with E-state index < -0.39 is 6.04 Å². The summed E-state index contributed by atoms with van der Waals surface area (Å²) < 4.78 is 13.5. The highest BCUT2D eigenvalue weighted by atomic mass is 19.1. The molecule has 0 aromatic heterocycles. The van der Waals surface area contributed by atoms with E-state index in [0.717, 1.165) is 16.7 Å². The van der Waals surface area contributed by atoms with Crippen LogP contribution in [0.3, 0.4) is 0 Å². The van der Waals surface area contributed by atoms with E-state index in [1.54, 1.807) is 17.0 Å². The van der Waals surface area contributed by atoms with E-state index in [1.165, 1.54) is 12.1 Å². The van der Waals surface area contributed by atoms with Crippen molar-refractivity contribution < 1.29 is 14.0 Å². The number of halogens is 1. The molecule has 35 heavy (non-hydrogen) atoms. The summed E-state index contributed by atoms with van der Waals surface area (Å²) in [6.45, 7) is 6.77. The third-order valence-corrected chi connectivity index (χ3v) is 6.12. The van der Waals surface area contributed by atoms with E-state index in [4.69, 9.17) is 0 Å². The maximum absolute atomic E-state index is 13.9. The van der Waals surface area contributed by atoms with Crippen LogP contribution in [0.5, 0.6) is 0 Å². The van der Waals surface area contributed by atoms with Crippen molar-refractivity contribution in [2.75, 3.05) is 6.54 Å². The molecule has 0 aliphatic rings. The SMILES string of the molecule is CCC(C(=O)NCC(C)C)N(Cc1ccc(F)cc1)C(=O)CC(c1ccccc1)c1ccccc1. The van der Waals surface area contributed by atoms with Crippen LogP contribution in [0, 0.1) is 11.7 Å². The van der Waals surface area contributed by atoms with Crippen molar-refractivity contribution in [2.45, 2.75) is 52.1 Å². The molecular weight excluding hydrogens is 439 g/mol. The molecule has 184 valence electrons. The molecule has 0 fully saturated rings. The average Bonchev–Trinajstić information content (AvgIpc) is 2.88. The maximum atomic E-state index is 13.9. The molecule has 5 heteroatoms. The molecule has 0 heterocycles. The molecular formula is C30H35FN2O2. The number of hydrogen-bond donors (Lipinski definition) is 1. The fourth-order valence-corrected chi connectivity index (χ4v) is 4.22. The van der Waals surface area contributed by atoms with Crippen molar-refractivity contribution in [3.63, 3.8) is 0 Å². The van der Waals surface area contributed by atoms with Gasteiger partial charge in [-0.1, -0.05) is 93.6 Å². The third-order valence-electron chi connectivity index (χ3n) is 6.12. The molecule has 0 saturated heterocycles. The first-order valence-electron chi connectivity index (χ1n) is 12.3. The Hall–Kier alpha value is -3.47. The lowest BCUT2D eigenvalue weighted by atomic mass is 9.88. The van der Waals surface area contributed by atoms with Crippen molar-refractivity contribution in [2.24, 2.45) is 5.92 Å². The van der Waals surface area contributed by atoms with Gasteiger partial charge in [0.15, 0.2) is 0 Å². The minimum Gasteiger partial charge on any atom is -0.354 e. The fourth-order valence-electron chi connectivity index (χ4n) is 4.22. The second kappa shape index (κ2) is 12.8. The molecule has 0 aliphatic carbocycles. The molecule has 3 rings (SSSR count). The van der Waals surface area contributed by atoms with Crippen LogP contribution in [0.25, 0.3) is 0 Å². The van der Waals surface area contributed by atoms with Crippen molar-refractivity contribution in [3.05, 3.63) is 107 Å². The van der Waals surface area contributed by atoms with Gasteiger partial charge in [0.05, 0.1) is 0 Å². The quantitative estimate of drug-likeness (QED) is 0.375. The Morgan fingerprint density at radius 1 is 0.857 bits per heavy atom. The Labute approximate surface area is 208 Å². The van der Waals surface area contributed by atoms with Gasteiger partial charge in [0.2, 0.25) is 11.8 Å². The third kappa shape index (κ3) is 7.51. The molecule has 0 bridgehead atoms. The minimum absolute atomic E-state index is 0.112. The smallest absolute Gasteiger partial charge is 0.242 e. The first-order valence-corrected chi connectivity index (χ1v) is 12.3. The van der Waals surface area contributed by atoms with Crippen LogP contribution in [-0.4, -0.2) is 29.3 Å². The largest absolute Gasteiger partial charge is 0.354 e. The average molecular weight is 475 g/mol. The number of carbonyl (C=O) groups excluding carboxylic acids is 2. The van der Waals surface area contributed by atoms with Gasteiger partial charge in [0, 0.05) is 25.4 Å². The van der Waals surface area contributed by atoms with Crippen LogP contribution in [0.2, 0.25) is 0 Å². The van der Waals surface area contributed by atoms with Gasteiger partial charge in [-0.3, -0.25) is 9.59 Å². The summed E-state index contributed by atoms with van der Waals surface area (Å²) in [6.07, 6.45) is 0.710. The lowest BCUT2D eigenvalue weighted by Crippen LogP contribution is -2.49. The van der Waals surface area contributed by atoms with Gasteiger partial charge in [0.25, 0.3) is 0 Å². The monoisotopic (exact) mass is 474 g/mol. The second-order valence-corrected chi connectivity index (χ2v) is 9.29. The number of hydrogen-bond acceptors (Lipinski definition) is 2. The molecule has 0 spiro atoms. The summed E-state index contributed by atoms with van der Waals surface area (Å²) in [5.74, 6) is -0.442. The number of nitrogens with one attached hydrogen (secondary N) is 1. The van der Waals surface area contributed by atoms with E-state index >= 15 is 0 Å². The lowest BCUT2D eigenvalue weighted by Gasteiger charge is -2.32. The predicted molar refractivity (Wildman–Crippen MR) is 138 cm³/mol. The van der Waals surface area contributed by atoms with Crippen molar-refractivity contribution in [3.8, 4) is 0 Å². The first-order chi connectivity index (χ1) is 16.9. The predicted octanol–water partition coefficient (Wildman–Crippen LogP) is 5.93. The summed E-state index contributed by atoms with van der Waals surface area (Å²) in [6, 6.07) is 25.4. The first kappa shape index (κ1) is 26.1. The zero-order valence-electron chi connectivity index (χ0n) is 20.8. The molecule has 2 amide bonds. The molecule has 3 aromatic rings. The Morgan fingerprint density at radius 3 is 1.89 bits per heavy atom. The topological polar surface area (TPSA) is 49.4 Å². The molecule has 0 radical (unpaired) electrons. The molecule has 1 N–H and O–H groups in total. The summed E-state index contributed by atoms with van der Waals surface area (Å²) in [4.78, 5) is 28.7. The molecule has 3 aromatic carbocycles. The van der Waals surface area contributed by atoms with Gasteiger partial charge >= 0.3 is 0 Å². The number of rotatable bonds is 11. The van der Waals surface area contributed by atoms with Gasteiger partial charge in [-0.25, -0.2) is 4.39 Å². The Balaban J connectivity index is 1.92. The number of nitrogens with zero attached hydrogens (tertiary/aromatic N) is 1. The summed E-state index contributed by atoms with van der Waals surface area (Å²) in [5.41, 5.74) is 2.88. The maximum Gasteiger partial charge on any atom is 0.242 e. The van der Waals surface area contributed by atoms with E-state index in [9.17, 15) is 14.0 Å². The van der Waals surface area contributed by atoms with Crippen LogP contribution in [0.4, 0.5) is 4.39 Å². The second-order valence-electron chi connectivity index (χ2n) is 9.29. The normalized spacial score (nSPS) is 11.9. The highest BCUT2D eigenvalue weighted by molar-refractivity contribution is 5.88. The van der Waals surface area contributed by atoms with Crippen LogP contribution in [0.1, 0.15) is 56.2 Å². The van der Waals surface area contributed by atoms with E-state index in [1.807, 2.05) is 81.4 Å². The van der Waals surface area contributed by atoms with E-state index in [0.29, 0.717) is 18.9 Å². The fraction of sp³-hybridized carbons (Fsp3) is 0.333. The summed E-state index contributed by atoms with van der Waals surface area (Å²) in [7, 11) is 0. The Morgan fingerprint density at radius 2 is 1.40 bits per heavy atom. The van der Waals surface area contributed by atoms with Crippen molar-refractivity contribution in [1.29, 1.82) is 0 Å². The Kier molecular flexibility index (Phi) is 9.59. The molecule has 1 atom stereocenters. The molecule has 0 saturated carbocycles. The van der Waals surface area contributed by atoms with Crippen molar-refractivity contribution >= 4 is 11.8 Å². The summed E-state index contributed by atoms with van der Waals surface area (Å²) in [5, 5.41) is 2.99. The van der Waals surface area contributed by atoms with E-state index in [2.05, 4.69) is 5.32 Å². The number of amides is 2. The zero-order chi connectivity index (χ0) is 25.2. The van der Waals surface area contributed by atoms with Gasteiger partial charge in [-0.05, 0) is 41.2 Å². The lowest BCUT2D eigenvalue weighted by molar-refractivity contribution is -0.141. The van der Waals surface area contributed by atoms with Crippen LogP contribution in [0.15, 0.2) is 84.9 Å². The molecule has 1 unspecified atom stereocenters. The number of benzene rings is 3. The zero-order valence-corrected chi connectivity index (χ0v) is 20.8. The van der Waals surface area contributed by atoms with Gasteiger partial charge in [-0.15, -0.1) is 0 Å². The highest BCUT2D eigenvalue weighted by Crippen LogP contribution is 2.29. The summed E-state index contributed by atoms with van der Waals surface area (Å²) >= 11 is 0. The standard InChI is InChI=1S/C30H35FN2O2/c1-4-28(30(35)32-20-22(2)3)33(21-23-15-17-26(31)18-16-23)29(34)19-27(24-11-7-5-8-12-24)25-13-9-6-10-14-25/h5-18,22,27-28H,4,19-21H2,1-3H3,(H,32,35). The highest BCUT2D eigenvalue weighted by Gasteiger charge is 2.30. The molecule has 4 nitrogen and oxygen atoms in total. The Bertz CT molecular complexity index is 1030. The van der Waals surface area contributed by atoms with Crippen LogP contribution < -0.4 is 5.32 Å².